The van der Waals surface area contributed by atoms with E-state index in [1.807, 2.05) is 0 Å². The molecule has 2 aromatic rings. The van der Waals surface area contributed by atoms with Crippen LogP contribution in [0.5, 0.6) is 0 Å². The fourth-order valence-electron chi connectivity index (χ4n) is 3.34. The van der Waals surface area contributed by atoms with Crippen molar-refractivity contribution in [3.8, 4) is 0 Å². The van der Waals surface area contributed by atoms with Crippen LogP contribution < -0.4 is 4.90 Å². The highest BCUT2D eigenvalue weighted by molar-refractivity contribution is 5.96. The van der Waals surface area contributed by atoms with Gasteiger partial charge < -0.3 is 9.80 Å². The molecule has 7 heteroatoms. The summed E-state index contributed by atoms with van der Waals surface area (Å²) in [6, 6.07) is 6.35. The summed E-state index contributed by atoms with van der Waals surface area (Å²) in [6.07, 6.45) is 0.309. The molecule has 0 unspecified atom stereocenters. The highest BCUT2D eigenvalue weighted by atomic mass is 19.2. The van der Waals surface area contributed by atoms with Crippen LogP contribution in [0.25, 0.3) is 0 Å². The highest BCUT2D eigenvalue weighted by Crippen LogP contribution is 2.24. The van der Waals surface area contributed by atoms with Crippen LogP contribution in [0.2, 0.25) is 0 Å². The molecular formula is C21H21F3N2O2. The monoisotopic (exact) mass is 390 g/mol. The second-order valence-corrected chi connectivity index (χ2v) is 6.80. The van der Waals surface area contributed by atoms with Crippen molar-refractivity contribution in [3.05, 3.63) is 64.5 Å². The van der Waals surface area contributed by atoms with Crippen LogP contribution >= 0.6 is 0 Å². The number of rotatable bonds is 4. The van der Waals surface area contributed by atoms with Gasteiger partial charge in [-0.05, 0) is 42.8 Å². The summed E-state index contributed by atoms with van der Waals surface area (Å²) < 4.78 is 41.2. The van der Waals surface area contributed by atoms with E-state index in [2.05, 4.69) is 0 Å². The summed E-state index contributed by atoms with van der Waals surface area (Å²) >= 11 is 0. The number of nitrogens with zero attached hydrogens (tertiary/aromatic N) is 2. The van der Waals surface area contributed by atoms with Crippen molar-refractivity contribution in [3.63, 3.8) is 0 Å². The van der Waals surface area contributed by atoms with Gasteiger partial charge in [0.15, 0.2) is 17.4 Å². The van der Waals surface area contributed by atoms with Crippen molar-refractivity contribution in [1.29, 1.82) is 0 Å². The number of aryl methyl sites for hydroxylation is 1. The van der Waals surface area contributed by atoms with Crippen LogP contribution in [-0.4, -0.2) is 42.8 Å². The van der Waals surface area contributed by atoms with Gasteiger partial charge in [0.1, 0.15) is 5.82 Å². The number of anilines is 1. The molecule has 1 heterocycles. The lowest BCUT2D eigenvalue weighted by Crippen LogP contribution is -2.49. The van der Waals surface area contributed by atoms with E-state index in [0.29, 0.717) is 49.4 Å². The molecule has 1 aliphatic rings. The average Bonchev–Trinajstić information content (AvgIpc) is 2.69. The molecule has 1 saturated heterocycles. The van der Waals surface area contributed by atoms with E-state index in [-0.39, 0.29) is 17.3 Å². The number of carbonyl (C=O) groups excluding carboxylic acids is 2. The first-order chi connectivity index (χ1) is 13.3. The van der Waals surface area contributed by atoms with Crippen LogP contribution in [0.1, 0.15) is 39.6 Å². The minimum absolute atomic E-state index is 0.122. The summed E-state index contributed by atoms with van der Waals surface area (Å²) in [7, 11) is 0. The number of ketones is 1. The minimum atomic E-state index is -1.06. The molecule has 0 aromatic heterocycles. The summed E-state index contributed by atoms with van der Waals surface area (Å²) in [5.74, 6) is -3.02. The summed E-state index contributed by atoms with van der Waals surface area (Å²) in [4.78, 5) is 27.7. The summed E-state index contributed by atoms with van der Waals surface area (Å²) in [5.41, 5.74) is 1.21. The average molecular weight is 390 g/mol. The van der Waals surface area contributed by atoms with E-state index in [1.165, 1.54) is 6.07 Å². The first kappa shape index (κ1) is 19.9. The maximum Gasteiger partial charge on any atom is 0.254 e. The van der Waals surface area contributed by atoms with Gasteiger partial charge in [-0.15, -0.1) is 0 Å². The van der Waals surface area contributed by atoms with Crippen LogP contribution in [-0.2, 0) is 0 Å². The lowest BCUT2D eigenvalue weighted by Gasteiger charge is -2.36. The van der Waals surface area contributed by atoms with Gasteiger partial charge in [-0.3, -0.25) is 9.59 Å². The number of benzene rings is 2. The van der Waals surface area contributed by atoms with Gasteiger partial charge in [0, 0.05) is 43.7 Å². The Morgan fingerprint density at radius 1 is 0.929 bits per heavy atom. The number of amides is 1. The molecule has 0 bridgehead atoms. The first-order valence-corrected chi connectivity index (χ1v) is 9.14. The predicted molar refractivity (Wildman–Crippen MR) is 100 cm³/mol. The van der Waals surface area contributed by atoms with E-state index in [9.17, 15) is 22.8 Å². The van der Waals surface area contributed by atoms with Gasteiger partial charge in [0.05, 0.1) is 5.69 Å². The molecule has 0 aliphatic carbocycles. The summed E-state index contributed by atoms with van der Waals surface area (Å²) in [5, 5.41) is 0. The molecule has 0 radical (unpaired) electrons. The van der Waals surface area contributed by atoms with Gasteiger partial charge >= 0.3 is 0 Å². The Kier molecular flexibility index (Phi) is 5.72. The van der Waals surface area contributed by atoms with Crippen molar-refractivity contribution in [1.82, 2.24) is 4.90 Å². The van der Waals surface area contributed by atoms with Crippen LogP contribution in [0, 0.1) is 24.4 Å². The summed E-state index contributed by atoms with van der Waals surface area (Å²) in [6.45, 7) is 4.72. The maximum absolute atomic E-state index is 14.4. The molecule has 148 valence electrons. The van der Waals surface area contributed by atoms with E-state index in [0.717, 1.165) is 12.1 Å². The highest BCUT2D eigenvalue weighted by Gasteiger charge is 2.25. The first-order valence-electron chi connectivity index (χ1n) is 9.14. The normalized spacial score (nSPS) is 14.3. The largest absolute Gasteiger partial charge is 0.366 e. The molecule has 3 rings (SSSR count). The SMILES string of the molecule is CCC(=O)c1ccc(N2CCN(C(=O)c3cc(F)c(F)cc3C)CC2)c(F)c1. The zero-order chi connectivity index (χ0) is 20.4. The number of hydrogen-bond acceptors (Lipinski definition) is 3. The van der Waals surface area contributed by atoms with Crippen molar-refractivity contribution in [2.45, 2.75) is 20.3 Å². The van der Waals surface area contributed by atoms with Gasteiger partial charge in [0.25, 0.3) is 5.91 Å². The Hall–Kier alpha value is -2.83. The molecule has 1 fully saturated rings. The molecule has 0 saturated carbocycles. The van der Waals surface area contributed by atoms with Crippen LogP contribution in [0.4, 0.5) is 18.9 Å². The number of hydrogen-bond donors (Lipinski definition) is 0. The van der Waals surface area contributed by atoms with E-state index < -0.39 is 17.5 Å². The number of carbonyl (C=O) groups is 2. The van der Waals surface area contributed by atoms with Crippen LogP contribution in [0.3, 0.4) is 0 Å². The molecule has 0 atom stereocenters. The molecule has 0 spiro atoms. The lowest BCUT2D eigenvalue weighted by molar-refractivity contribution is 0.0745. The number of Topliss-reactive ketones (excluding diaryl/α,β-unsaturated/α-hetero) is 1. The fourth-order valence-corrected chi connectivity index (χ4v) is 3.34. The van der Waals surface area contributed by atoms with Crippen LogP contribution in [0.15, 0.2) is 30.3 Å². The second kappa shape index (κ2) is 8.04. The van der Waals surface area contributed by atoms with Crippen molar-refractivity contribution in [2.24, 2.45) is 0 Å². The molecule has 4 nitrogen and oxygen atoms in total. The predicted octanol–water partition coefficient (Wildman–Crippen LogP) is 3.97. The zero-order valence-electron chi connectivity index (χ0n) is 15.8. The molecule has 0 N–H and O–H groups in total. The molecule has 1 amide bonds. The standard InChI is InChI=1S/C21H21F3N2O2/c1-3-20(27)14-4-5-19(18(24)11-14)25-6-8-26(9-7-25)21(28)15-12-17(23)16(22)10-13(15)2/h4-5,10-12H,3,6-9H2,1-2H3. The van der Waals surface area contributed by atoms with E-state index in [4.69, 9.17) is 0 Å². The molecule has 1 aliphatic heterocycles. The Labute approximate surface area is 161 Å². The van der Waals surface area contributed by atoms with E-state index >= 15 is 0 Å². The lowest BCUT2D eigenvalue weighted by atomic mass is 10.1. The Morgan fingerprint density at radius 2 is 1.57 bits per heavy atom. The number of halogens is 3. The van der Waals surface area contributed by atoms with Gasteiger partial charge in [-0.25, -0.2) is 13.2 Å². The third-order valence-corrected chi connectivity index (χ3v) is 5.00. The topological polar surface area (TPSA) is 40.6 Å². The Balaban J connectivity index is 1.70. The van der Waals surface area contributed by atoms with Crippen molar-refractivity contribution < 1.29 is 22.8 Å². The van der Waals surface area contributed by atoms with E-state index in [1.54, 1.807) is 35.8 Å². The third kappa shape index (κ3) is 3.88. The molecule has 28 heavy (non-hydrogen) atoms. The molecule has 2 aromatic carbocycles. The Morgan fingerprint density at radius 3 is 2.18 bits per heavy atom. The van der Waals surface area contributed by atoms with Crippen molar-refractivity contribution in [2.75, 3.05) is 31.1 Å². The van der Waals surface area contributed by atoms with Gasteiger partial charge in [-0.2, -0.15) is 0 Å². The maximum atomic E-state index is 14.4. The minimum Gasteiger partial charge on any atom is -0.366 e. The Bertz CT molecular complexity index is 922. The molecular weight excluding hydrogens is 369 g/mol. The smallest absolute Gasteiger partial charge is 0.254 e. The third-order valence-electron chi connectivity index (χ3n) is 5.00. The quantitative estimate of drug-likeness (QED) is 0.742. The zero-order valence-corrected chi connectivity index (χ0v) is 15.8. The van der Waals surface area contributed by atoms with Crippen molar-refractivity contribution >= 4 is 17.4 Å². The number of piperazine rings is 1. The van der Waals surface area contributed by atoms with Gasteiger partial charge in [0.2, 0.25) is 0 Å². The van der Waals surface area contributed by atoms with Gasteiger partial charge in [-0.1, -0.05) is 6.92 Å². The second-order valence-electron chi connectivity index (χ2n) is 6.80. The fraction of sp³-hybridized carbons (Fsp3) is 0.333.